The molecule has 1 aliphatic rings. The summed E-state index contributed by atoms with van der Waals surface area (Å²) in [5.74, 6) is 1.34. The maximum Gasteiger partial charge on any atom is 0.323 e. The van der Waals surface area contributed by atoms with Gasteiger partial charge in [0.2, 0.25) is 0 Å². The third-order valence-corrected chi connectivity index (χ3v) is 6.58. The van der Waals surface area contributed by atoms with E-state index in [4.69, 9.17) is 4.74 Å². The average Bonchev–Trinajstić information content (AvgIpc) is 3.23. The Bertz CT molecular complexity index is 1040. The van der Waals surface area contributed by atoms with E-state index < -0.39 is 0 Å². The number of anilines is 2. The van der Waals surface area contributed by atoms with Gasteiger partial charge in [-0.15, -0.1) is 0 Å². The molecular formula is C26H34N4O2. The van der Waals surface area contributed by atoms with Gasteiger partial charge in [0.1, 0.15) is 5.75 Å². The minimum Gasteiger partial charge on any atom is -0.494 e. The number of urea groups is 1. The summed E-state index contributed by atoms with van der Waals surface area (Å²) in [7, 11) is 0. The second-order valence-corrected chi connectivity index (χ2v) is 8.61. The second-order valence-electron chi connectivity index (χ2n) is 8.61. The molecule has 32 heavy (non-hydrogen) atoms. The number of aromatic amines is 1. The van der Waals surface area contributed by atoms with Gasteiger partial charge in [-0.3, -0.25) is 0 Å². The smallest absolute Gasteiger partial charge is 0.323 e. The molecule has 6 heteroatoms. The van der Waals surface area contributed by atoms with E-state index >= 15 is 0 Å². The molecule has 1 saturated heterocycles. The fraction of sp³-hybridized carbons (Fsp3) is 0.423. The van der Waals surface area contributed by atoms with Crippen LogP contribution in [0.1, 0.15) is 51.5 Å². The Hall–Kier alpha value is -2.99. The van der Waals surface area contributed by atoms with Gasteiger partial charge in [-0.05, 0) is 100 Å². The molecule has 1 atom stereocenters. The molecule has 2 heterocycles. The molecule has 170 valence electrons. The highest BCUT2D eigenvalue weighted by molar-refractivity contribution is 6.01. The Morgan fingerprint density at radius 3 is 2.47 bits per heavy atom. The zero-order chi connectivity index (χ0) is 22.5. The van der Waals surface area contributed by atoms with Crippen molar-refractivity contribution in [1.29, 1.82) is 0 Å². The summed E-state index contributed by atoms with van der Waals surface area (Å²) < 4.78 is 5.45. The summed E-state index contributed by atoms with van der Waals surface area (Å²) >= 11 is 0. The SMILES string of the molecule is CCOc1ccc(NC(=O)Nc2ccc3[nH]cc(C4CCN(C(C)CC)CC4)c3c2)cc1. The maximum absolute atomic E-state index is 12.5. The van der Waals surface area contributed by atoms with Gasteiger partial charge in [0.25, 0.3) is 0 Å². The maximum atomic E-state index is 12.5. The zero-order valence-electron chi connectivity index (χ0n) is 19.3. The first-order chi connectivity index (χ1) is 15.6. The molecule has 4 rings (SSSR count). The first-order valence-corrected chi connectivity index (χ1v) is 11.7. The van der Waals surface area contributed by atoms with Crippen LogP contribution in [0.4, 0.5) is 16.2 Å². The Morgan fingerprint density at radius 2 is 1.78 bits per heavy atom. The van der Waals surface area contributed by atoms with E-state index in [-0.39, 0.29) is 6.03 Å². The highest BCUT2D eigenvalue weighted by Crippen LogP contribution is 2.35. The minimum absolute atomic E-state index is 0.257. The Kier molecular flexibility index (Phi) is 7.00. The number of rotatable bonds is 7. The van der Waals surface area contributed by atoms with Crippen LogP contribution < -0.4 is 15.4 Å². The van der Waals surface area contributed by atoms with Crippen molar-refractivity contribution in [1.82, 2.24) is 9.88 Å². The van der Waals surface area contributed by atoms with Crippen LogP contribution in [-0.2, 0) is 0 Å². The largest absolute Gasteiger partial charge is 0.494 e. The molecule has 1 unspecified atom stereocenters. The number of nitrogens with zero attached hydrogens (tertiary/aromatic N) is 1. The Morgan fingerprint density at radius 1 is 1.09 bits per heavy atom. The summed E-state index contributed by atoms with van der Waals surface area (Å²) in [5, 5.41) is 7.05. The standard InChI is InChI=1S/C26H34N4O2/c1-4-18(3)30-14-12-19(13-15-30)24-17-27-25-11-8-21(16-23(24)25)29-26(31)28-20-6-9-22(10-7-20)32-5-2/h6-11,16-19,27H,4-5,12-15H2,1-3H3,(H2,28,29,31). The number of hydrogen-bond donors (Lipinski definition) is 3. The average molecular weight is 435 g/mol. The monoisotopic (exact) mass is 434 g/mol. The second kappa shape index (κ2) is 10.1. The molecule has 0 radical (unpaired) electrons. The molecule has 1 fully saturated rings. The number of carbonyl (C=O) groups excluding carboxylic acids is 1. The third kappa shape index (κ3) is 5.07. The van der Waals surface area contributed by atoms with Gasteiger partial charge in [0.15, 0.2) is 0 Å². The fourth-order valence-electron chi connectivity index (χ4n) is 4.56. The molecule has 1 aliphatic heterocycles. The van der Waals surface area contributed by atoms with Crippen molar-refractivity contribution < 1.29 is 9.53 Å². The molecule has 0 saturated carbocycles. The first-order valence-electron chi connectivity index (χ1n) is 11.7. The number of amides is 2. The molecular weight excluding hydrogens is 400 g/mol. The number of piperidine rings is 1. The molecule has 2 amide bonds. The highest BCUT2D eigenvalue weighted by atomic mass is 16.5. The van der Waals surface area contributed by atoms with E-state index in [0.717, 1.165) is 35.7 Å². The van der Waals surface area contributed by atoms with Crippen molar-refractivity contribution in [2.45, 2.75) is 52.0 Å². The number of benzene rings is 2. The highest BCUT2D eigenvalue weighted by Gasteiger charge is 2.24. The molecule has 0 aliphatic carbocycles. The molecule has 3 aromatic rings. The summed E-state index contributed by atoms with van der Waals surface area (Å²) in [6, 6.07) is 13.8. The predicted octanol–water partition coefficient (Wildman–Crippen LogP) is 6.19. The van der Waals surface area contributed by atoms with Gasteiger partial charge in [-0.25, -0.2) is 4.79 Å². The van der Waals surface area contributed by atoms with Gasteiger partial charge in [-0.2, -0.15) is 0 Å². The number of carbonyl (C=O) groups is 1. The van der Waals surface area contributed by atoms with E-state index in [9.17, 15) is 4.79 Å². The summed E-state index contributed by atoms with van der Waals surface area (Å²) in [5.41, 5.74) is 3.99. The lowest BCUT2D eigenvalue weighted by Gasteiger charge is -2.35. The van der Waals surface area contributed by atoms with Crippen LogP contribution >= 0.6 is 0 Å². The van der Waals surface area contributed by atoms with Crippen LogP contribution in [0.3, 0.4) is 0 Å². The van der Waals surface area contributed by atoms with Crippen LogP contribution in [-0.4, -0.2) is 41.7 Å². The Labute approximate surface area is 190 Å². The van der Waals surface area contributed by atoms with E-state index in [0.29, 0.717) is 18.6 Å². The van der Waals surface area contributed by atoms with Crippen LogP contribution in [0, 0.1) is 0 Å². The molecule has 0 spiro atoms. The van der Waals surface area contributed by atoms with Gasteiger partial charge in [0.05, 0.1) is 6.61 Å². The van der Waals surface area contributed by atoms with Crippen molar-refractivity contribution in [2.24, 2.45) is 0 Å². The zero-order valence-corrected chi connectivity index (χ0v) is 19.3. The van der Waals surface area contributed by atoms with Gasteiger partial charge < -0.3 is 25.3 Å². The van der Waals surface area contributed by atoms with Crippen molar-refractivity contribution in [2.75, 3.05) is 30.3 Å². The lowest BCUT2D eigenvalue weighted by molar-refractivity contribution is 0.158. The van der Waals surface area contributed by atoms with Crippen LogP contribution in [0.15, 0.2) is 48.7 Å². The summed E-state index contributed by atoms with van der Waals surface area (Å²) in [4.78, 5) is 18.5. The van der Waals surface area contributed by atoms with E-state index in [1.165, 1.54) is 30.2 Å². The van der Waals surface area contributed by atoms with E-state index in [1.54, 1.807) is 0 Å². The topological polar surface area (TPSA) is 69.4 Å². The lowest BCUT2D eigenvalue weighted by atomic mass is 9.88. The normalized spacial score (nSPS) is 16.1. The summed E-state index contributed by atoms with van der Waals surface area (Å²) in [6.45, 7) is 9.44. The van der Waals surface area contributed by atoms with Crippen molar-refractivity contribution in [3.63, 3.8) is 0 Å². The lowest BCUT2D eigenvalue weighted by Crippen LogP contribution is -2.39. The number of H-pyrrole nitrogens is 1. The number of nitrogens with one attached hydrogen (secondary N) is 3. The van der Waals surface area contributed by atoms with Gasteiger partial charge in [-0.1, -0.05) is 6.92 Å². The molecule has 2 aromatic carbocycles. The third-order valence-electron chi connectivity index (χ3n) is 6.58. The molecule has 3 N–H and O–H groups in total. The van der Waals surface area contributed by atoms with Gasteiger partial charge >= 0.3 is 6.03 Å². The molecule has 1 aromatic heterocycles. The fourth-order valence-corrected chi connectivity index (χ4v) is 4.56. The van der Waals surface area contributed by atoms with E-state index in [2.05, 4.69) is 46.6 Å². The van der Waals surface area contributed by atoms with Crippen LogP contribution in [0.25, 0.3) is 10.9 Å². The Balaban J connectivity index is 1.41. The molecule has 0 bridgehead atoms. The van der Waals surface area contributed by atoms with Crippen LogP contribution in [0.2, 0.25) is 0 Å². The minimum atomic E-state index is -0.257. The number of likely N-dealkylation sites (tertiary alicyclic amines) is 1. The van der Waals surface area contributed by atoms with Gasteiger partial charge in [0, 0.05) is 34.5 Å². The number of hydrogen-bond acceptors (Lipinski definition) is 3. The van der Waals surface area contributed by atoms with Crippen LogP contribution in [0.5, 0.6) is 5.75 Å². The van der Waals surface area contributed by atoms with Crippen molar-refractivity contribution >= 4 is 28.3 Å². The van der Waals surface area contributed by atoms with Crippen molar-refractivity contribution in [3.05, 3.63) is 54.2 Å². The first kappa shape index (κ1) is 22.2. The summed E-state index contributed by atoms with van der Waals surface area (Å²) in [6.07, 6.45) is 5.70. The van der Waals surface area contributed by atoms with E-state index in [1.807, 2.05) is 43.3 Å². The number of aromatic nitrogens is 1. The quantitative estimate of drug-likeness (QED) is 0.415. The predicted molar refractivity (Wildman–Crippen MR) is 132 cm³/mol. The number of ether oxygens (including phenoxy) is 1. The number of fused-ring (bicyclic) bond motifs is 1. The molecule has 6 nitrogen and oxygen atoms in total. The van der Waals surface area contributed by atoms with Crippen molar-refractivity contribution in [3.8, 4) is 5.75 Å².